The van der Waals surface area contributed by atoms with Gasteiger partial charge in [-0.3, -0.25) is 9.59 Å². The predicted octanol–water partition coefficient (Wildman–Crippen LogP) is 0.0121. The lowest BCUT2D eigenvalue weighted by atomic mass is 10.1. The van der Waals surface area contributed by atoms with E-state index in [0.29, 0.717) is 30.0 Å². The Morgan fingerprint density at radius 3 is 2.78 bits per heavy atom. The molecule has 1 saturated carbocycles. The van der Waals surface area contributed by atoms with E-state index >= 15 is 0 Å². The first-order valence-corrected chi connectivity index (χ1v) is 5.70. The van der Waals surface area contributed by atoms with Crippen LogP contribution in [0.3, 0.4) is 0 Å². The molecule has 1 aromatic rings. The molecule has 2 amide bonds. The number of anilines is 2. The zero-order valence-electron chi connectivity index (χ0n) is 9.68. The summed E-state index contributed by atoms with van der Waals surface area (Å²) in [5, 5.41) is 0. The van der Waals surface area contributed by atoms with Gasteiger partial charge in [0.15, 0.2) is 6.61 Å². The van der Waals surface area contributed by atoms with E-state index in [-0.39, 0.29) is 12.5 Å². The van der Waals surface area contributed by atoms with Gasteiger partial charge in [0.05, 0.1) is 11.2 Å². The number of carbonyl (C=O) groups excluding carboxylic acids is 2. The van der Waals surface area contributed by atoms with Crippen molar-refractivity contribution in [1.29, 1.82) is 0 Å². The molecule has 3 rings (SSSR count). The Bertz CT molecular complexity index is 551. The largest absolute Gasteiger partial charge is 0.482 e. The van der Waals surface area contributed by atoms with Crippen molar-refractivity contribution in [1.82, 2.24) is 0 Å². The molecule has 1 fully saturated rings. The molecule has 4 N–H and O–H groups in total. The number of benzene rings is 1. The number of nitrogens with two attached hydrogens (primary N) is 2. The Morgan fingerprint density at radius 1 is 1.39 bits per heavy atom. The Kier molecular flexibility index (Phi) is 2.12. The zero-order valence-corrected chi connectivity index (χ0v) is 9.68. The van der Waals surface area contributed by atoms with Gasteiger partial charge in [0.2, 0.25) is 0 Å². The van der Waals surface area contributed by atoms with E-state index in [0.717, 1.165) is 4.90 Å². The molecule has 0 aromatic heterocycles. The van der Waals surface area contributed by atoms with Gasteiger partial charge in [0.25, 0.3) is 11.8 Å². The van der Waals surface area contributed by atoms with E-state index in [1.807, 2.05) is 0 Å². The van der Waals surface area contributed by atoms with Crippen LogP contribution in [0.5, 0.6) is 5.75 Å². The van der Waals surface area contributed by atoms with Gasteiger partial charge < -0.3 is 16.2 Å². The highest BCUT2D eigenvalue weighted by Gasteiger charge is 2.51. The van der Waals surface area contributed by atoms with Crippen molar-refractivity contribution in [2.75, 3.05) is 17.2 Å². The summed E-state index contributed by atoms with van der Waals surface area (Å²) in [7, 11) is 0. The molecule has 0 saturated heterocycles. The van der Waals surface area contributed by atoms with Gasteiger partial charge in [0, 0.05) is 5.69 Å². The standard InChI is InChI=1S/C12H13N3O3/c13-7-1-2-9-8(5-7)15(10(16)6-18-9)11(17)12(14)3-4-12/h1-2,5H,3-4,6,13-14H2. The number of hydrogen-bond donors (Lipinski definition) is 2. The number of ether oxygens (including phenoxy) is 1. The maximum absolute atomic E-state index is 12.3. The lowest BCUT2D eigenvalue weighted by molar-refractivity contribution is -0.129. The first-order valence-electron chi connectivity index (χ1n) is 5.70. The smallest absolute Gasteiger partial charge is 0.271 e. The molecule has 1 aromatic carbocycles. The van der Waals surface area contributed by atoms with Gasteiger partial charge in [-0.1, -0.05) is 0 Å². The molecule has 1 aliphatic heterocycles. The summed E-state index contributed by atoms with van der Waals surface area (Å²) in [5.41, 5.74) is 11.5. The number of imide groups is 1. The van der Waals surface area contributed by atoms with Crippen LogP contribution in [0.4, 0.5) is 11.4 Å². The second-order valence-electron chi connectivity index (χ2n) is 4.71. The van der Waals surface area contributed by atoms with Crippen LogP contribution in [0.25, 0.3) is 0 Å². The van der Waals surface area contributed by atoms with Crippen molar-refractivity contribution in [3.63, 3.8) is 0 Å². The van der Waals surface area contributed by atoms with Gasteiger partial charge in [-0.15, -0.1) is 0 Å². The van der Waals surface area contributed by atoms with Crippen LogP contribution in [0.2, 0.25) is 0 Å². The van der Waals surface area contributed by atoms with Crippen LogP contribution in [0.15, 0.2) is 18.2 Å². The normalized spacial score (nSPS) is 20.1. The zero-order chi connectivity index (χ0) is 12.9. The molecule has 1 aliphatic carbocycles. The molecular weight excluding hydrogens is 234 g/mol. The third-order valence-corrected chi connectivity index (χ3v) is 3.24. The minimum Gasteiger partial charge on any atom is -0.482 e. The highest BCUT2D eigenvalue weighted by atomic mass is 16.5. The van der Waals surface area contributed by atoms with Crippen LogP contribution in [0, 0.1) is 0 Å². The minimum atomic E-state index is -0.894. The van der Waals surface area contributed by atoms with Gasteiger partial charge in [0.1, 0.15) is 5.75 Å². The van der Waals surface area contributed by atoms with Crippen molar-refractivity contribution in [3.8, 4) is 5.75 Å². The SMILES string of the molecule is Nc1ccc2c(c1)N(C(=O)C1(N)CC1)C(=O)CO2. The number of hydrogen-bond acceptors (Lipinski definition) is 5. The van der Waals surface area contributed by atoms with Gasteiger partial charge in [-0.05, 0) is 31.0 Å². The molecule has 0 unspecified atom stereocenters. The molecule has 0 spiro atoms. The Balaban J connectivity index is 2.06. The van der Waals surface area contributed by atoms with Crippen molar-refractivity contribution in [3.05, 3.63) is 18.2 Å². The summed E-state index contributed by atoms with van der Waals surface area (Å²) in [4.78, 5) is 25.2. The third-order valence-electron chi connectivity index (χ3n) is 3.24. The van der Waals surface area contributed by atoms with Crippen LogP contribution < -0.4 is 21.1 Å². The monoisotopic (exact) mass is 247 g/mol. The lowest BCUT2D eigenvalue weighted by Crippen LogP contribution is -2.51. The quantitative estimate of drug-likeness (QED) is 0.538. The van der Waals surface area contributed by atoms with Crippen LogP contribution in [0.1, 0.15) is 12.8 Å². The Morgan fingerprint density at radius 2 is 2.11 bits per heavy atom. The van der Waals surface area contributed by atoms with E-state index < -0.39 is 11.4 Å². The minimum absolute atomic E-state index is 0.154. The van der Waals surface area contributed by atoms with E-state index in [1.165, 1.54) is 0 Å². The molecule has 0 atom stereocenters. The molecule has 6 heteroatoms. The Labute approximate surface area is 103 Å². The van der Waals surface area contributed by atoms with Crippen LogP contribution >= 0.6 is 0 Å². The molecular formula is C12H13N3O3. The van der Waals surface area contributed by atoms with Crippen LogP contribution in [-0.2, 0) is 9.59 Å². The predicted molar refractivity (Wildman–Crippen MR) is 65.0 cm³/mol. The fourth-order valence-electron chi connectivity index (χ4n) is 1.96. The van der Waals surface area contributed by atoms with Gasteiger partial charge >= 0.3 is 0 Å². The summed E-state index contributed by atoms with van der Waals surface area (Å²) in [6.07, 6.45) is 1.21. The average molecular weight is 247 g/mol. The summed E-state index contributed by atoms with van der Waals surface area (Å²) in [5.74, 6) is -0.307. The third kappa shape index (κ3) is 1.53. The molecule has 0 radical (unpaired) electrons. The second kappa shape index (κ2) is 3.46. The van der Waals surface area contributed by atoms with Crippen molar-refractivity contribution >= 4 is 23.2 Å². The van der Waals surface area contributed by atoms with Gasteiger partial charge in [-0.2, -0.15) is 0 Å². The maximum Gasteiger partial charge on any atom is 0.271 e. The number of amides is 2. The van der Waals surface area contributed by atoms with E-state index in [2.05, 4.69) is 0 Å². The number of nitrogen functional groups attached to an aromatic ring is 1. The average Bonchev–Trinajstić information content (AvgIpc) is 3.08. The summed E-state index contributed by atoms with van der Waals surface area (Å²) in [6.45, 7) is -0.154. The number of nitrogens with zero attached hydrogens (tertiary/aromatic N) is 1. The number of fused-ring (bicyclic) bond motifs is 1. The van der Waals surface area contributed by atoms with E-state index in [4.69, 9.17) is 16.2 Å². The lowest BCUT2D eigenvalue weighted by Gasteiger charge is -2.29. The van der Waals surface area contributed by atoms with Crippen molar-refractivity contribution in [2.45, 2.75) is 18.4 Å². The molecule has 94 valence electrons. The maximum atomic E-state index is 12.3. The van der Waals surface area contributed by atoms with E-state index in [1.54, 1.807) is 18.2 Å². The first-order chi connectivity index (χ1) is 8.51. The fourth-order valence-corrected chi connectivity index (χ4v) is 1.96. The summed E-state index contributed by atoms with van der Waals surface area (Å²) < 4.78 is 5.26. The van der Waals surface area contributed by atoms with Crippen LogP contribution in [-0.4, -0.2) is 24.0 Å². The number of carbonyl (C=O) groups is 2. The molecule has 0 bridgehead atoms. The molecule has 2 aliphatic rings. The van der Waals surface area contributed by atoms with Crippen molar-refractivity contribution in [2.24, 2.45) is 5.73 Å². The highest BCUT2D eigenvalue weighted by Crippen LogP contribution is 2.40. The first kappa shape index (κ1) is 11.0. The highest BCUT2D eigenvalue weighted by molar-refractivity contribution is 6.21. The van der Waals surface area contributed by atoms with Crippen molar-refractivity contribution < 1.29 is 14.3 Å². The Hall–Kier alpha value is -2.08. The molecule has 18 heavy (non-hydrogen) atoms. The topological polar surface area (TPSA) is 98.6 Å². The molecule has 1 heterocycles. The van der Waals surface area contributed by atoms with E-state index in [9.17, 15) is 9.59 Å². The molecule has 6 nitrogen and oxygen atoms in total. The fraction of sp³-hybridized carbons (Fsp3) is 0.333. The second-order valence-corrected chi connectivity index (χ2v) is 4.71. The summed E-state index contributed by atoms with van der Waals surface area (Å²) >= 11 is 0. The number of rotatable bonds is 1. The summed E-state index contributed by atoms with van der Waals surface area (Å²) in [6, 6.07) is 4.86. The van der Waals surface area contributed by atoms with Gasteiger partial charge in [-0.25, -0.2) is 4.90 Å².